The van der Waals surface area contributed by atoms with Crippen molar-refractivity contribution in [3.8, 4) is 0 Å². The molecule has 0 aromatic carbocycles. The molecule has 0 saturated carbocycles. The Labute approximate surface area is 141 Å². The lowest BCUT2D eigenvalue weighted by Gasteiger charge is -2.37. The smallest absolute Gasteiger partial charge is 0.251 e. The zero-order valence-electron chi connectivity index (χ0n) is 14.0. The molecule has 1 aromatic heterocycles. The molecular formula is C17H24F2N4O. The van der Waals surface area contributed by atoms with Crippen molar-refractivity contribution in [3.05, 3.63) is 18.1 Å². The number of aryl methyl sites for hydroxylation is 1. The molecular weight excluding hydrogens is 314 g/mol. The van der Waals surface area contributed by atoms with Gasteiger partial charge in [-0.1, -0.05) is 6.92 Å². The Morgan fingerprint density at radius 3 is 2.50 bits per heavy atom. The fraction of sp³-hybridized carbons (Fsp3) is 0.706. The summed E-state index contributed by atoms with van der Waals surface area (Å²) in [6.45, 7) is 3.94. The topological polar surface area (TPSA) is 49.3 Å². The average Bonchev–Trinajstić information content (AvgIpc) is 2.61. The Kier molecular flexibility index (Phi) is 4.96. The maximum Gasteiger partial charge on any atom is 0.251 e. The van der Waals surface area contributed by atoms with Crippen LogP contribution in [0, 0.1) is 5.92 Å². The Hall–Kier alpha value is -1.79. The van der Waals surface area contributed by atoms with E-state index in [1.807, 2.05) is 6.07 Å². The van der Waals surface area contributed by atoms with E-state index < -0.39 is 5.92 Å². The number of rotatable bonds is 3. The van der Waals surface area contributed by atoms with Crippen LogP contribution < -0.4 is 4.90 Å². The molecule has 1 aromatic rings. The van der Waals surface area contributed by atoms with Gasteiger partial charge in [0.15, 0.2) is 0 Å². The molecule has 3 rings (SSSR count). The molecule has 24 heavy (non-hydrogen) atoms. The van der Waals surface area contributed by atoms with Gasteiger partial charge >= 0.3 is 0 Å². The Morgan fingerprint density at radius 2 is 1.88 bits per heavy atom. The summed E-state index contributed by atoms with van der Waals surface area (Å²) in [7, 11) is 0. The van der Waals surface area contributed by atoms with Crippen molar-refractivity contribution >= 4 is 11.7 Å². The van der Waals surface area contributed by atoms with E-state index in [1.165, 1.54) is 0 Å². The van der Waals surface area contributed by atoms with Gasteiger partial charge in [0.1, 0.15) is 12.1 Å². The van der Waals surface area contributed by atoms with Crippen LogP contribution in [0.5, 0.6) is 0 Å². The number of piperidine rings is 2. The van der Waals surface area contributed by atoms with Gasteiger partial charge in [-0.05, 0) is 19.3 Å². The Bertz CT molecular complexity index is 578. The number of amides is 1. The molecule has 132 valence electrons. The summed E-state index contributed by atoms with van der Waals surface area (Å²) in [5, 5.41) is 0. The second kappa shape index (κ2) is 6.99. The molecule has 0 atom stereocenters. The van der Waals surface area contributed by atoms with Crippen LogP contribution in [0.3, 0.4) is 0 Å². The van der Waals surface area contributed by atoms with Crippen LogP contribution in [0.15, 0.2) is 12.4 Å². The van der Waals surface area contributed by atoms with Gasteiger partial charge in [0.05, 0.1) is 0 Å². The van der Waals surface area contributed by atoms with Gasteiger partial charge in [-0.2, -0.15) is 0 Å². The van der Waals surface area contributed by atoms with Gasteiger partial charge in [-0.15, -0.1) is 0 Å². The maximum atomic E-state index is 13.2. The fourth-order valence-electron chi connectivity index (χ4n) is 3.42. The van der Waals surface area contributed by atoms with E-state index in [4.69, 9.17) is 0 Å². The van der Waals surface area contributed by atoms with Gasteiger partial charge in [0, 0.05) is 56.7 Å². The number of carbonyl (C=O) groups is 1. The third-order valence-electron chi connectivity index (χ3n) is 5.05. The highest BCUT2D eigenvalue weighted by molar-refractivity contribution is 5.79. The van der Waals surface area contributed by atoms with Gasteiger partial charge in [-0.25, -0.2) is 18.7 Å². The fourth-order valence-corrected chi connectivity index (χ4v) is 3.42. The highest BCUT2D eigenvalue weighted by atomic mass is 19.3. The Balaban J connectivity index is 1.54. The predicted octanol–water partition coefficient (Wildman–Crippen LogP) is 2.51. The van der Waals surface area contributed by atoms with Crippen molar-refractivity contribution in [3.63, 3.8) is 0 Å². The van der Waals surface area contributed by atoms with Crippen LogP contribution >= 0.6 is 0 Å². The molecule has 2 saturated heterocycles. The average molecular weight is 338 g/mol. The third-order valence-corrected chi connectivity index (χ3v) is 5.05. The summed E-state index contributed by atoms with van der Waals surface area (Å²) in [6.07, 6.45) is 3.52. The maximum absolute atomic E-state index is 13.2. The minimum absolute atomic E-state index is 0.0436. The largest absolute Gasteiger partial charge is 0.356 e. The second-order valence-corrected chi connectivity index (χ2v) is 6.66. The van der Waals surface area contributed by atoms with Crippen LogP contribution in [0.2, 0.25) is 0 Å². The zero-order valence-corrected chi connectivity index (χ0v) is 14.0. The van der Waals surface area contributed by atoms with Gasteiger partial charge in [-0.3, -0.25) is 4.79 Å². The van der Waals surface area contributed by atoms with E-state index >= 15 is 0 Å². The van der Waals surface area contributed by atoms with E-state index in [1.54, 1.807) is 11.2 Å². The molecule has 2 fully saturated rings. The van der Waals surface area contributed by atoms with Crippen molar-refractivity contribution in [2.45, 2.75) is 45.0 Å². The van der Waals surface area contributed by atoms with Crippen LogP contribution in [-0.2, 0) is 11.2 Å². The highest BCUT2D eigenvalue weighted by Gasteiger charge is 2.37. The summed E-state index contributed by atoms with van der Waals surface area (Å²) < 4.78 is 26.5. The monoisotopic (exact) mass is 338 g/mol. The van der Waals surface area contributed by atoms with Crippen molar-refractivity contribution < 1.29 is 13.6 Å². The molecule has 5 nitrogen and oxygen atoms in total. The molecule has 0 unspecified atom stereocenters. The summed E-state index contributed by atoms with van der Waals surface area (Å²) in [5.41, 5.74) is 1.01. The second-order valence-electron chi connectivity index (χ2n) is 6.66. The molecule has 0 aliphatic carbocycles. The lowest BCUT2D eigenvalue weighted by Crippen LogP contribution is -2.47. The summed E-state index contributed by atoms with van der Waals surface area (Å²) >= 11 is 0. The molecule has 0 spiro atoms. The molecule has 0 radical (unpaired) electrons. The quantitative estimate of drug-likeness (QED) is 0.850. The third kappa shape index (κ3) is 3.82. The van der Waals surface area contributed by atoms with Crippen LogP contribution in [0.1, 0.15) is 38.3 Å². The molecule has 0 bridgehead atoms. The van der Waals surface area contributed by atoms with Crippen molar-refractivity contribution in [2.24, 2.45) is 5.92 Å². The Morgan fingerprint density at radius 1 is 1.21 bits per heavy atom. The van der Waals surface area contributed by atoms with E-state index in [0.717, 1.165) is 43.9 Å². The number of nitrogens with zero attached hydrogens (tertiary/aromatic N) is 4. The predicted molar refractivity (Wildman–Crippen MR) is 87.1 cm³/mol. The normalized spacial score (nSPS) is 21.8. The number of hydrogen-bond donors (Lipinski definition) is 0. The van der Waals surface area contributed by atoms with Crippen molar-refractivity contribution in [2.75, 3.05) is 31.1 Å². The standard InChI is InChI=1S/C17H24F2N4O/c1-2-14-11-15(21-12-20-14)22-7-3-13(4-8-22)16(24)23-9-5-17(18,19)6-10-23/h11-13H,2-10H2,1H3. The lowest BCUT2D eigenvalue weighted by molar-refractivity contribution is -0.142. The van der Waals surface area contributed by atoms with Crippen LogP contribution in [0.25, 0.3) is 0 Å². The van der Waals surface area contributed by atoms with E-state index in [9.17, 15) is 13.6 Å². The summed E-state index contributed by atoms with van der Waals surface area (Å²) in [4.78, 5) is 24.9. The first-order chi connectivity index (χ1) is 11.5. The molecule has 2 aliphatic heterocycles. The highest BCUT2D eigenvalue weighted by Crippen LogP contribution is 2.30. The molecule has 7 heteroatoms. The minimum Gasteiger partial charge on any atom is -0.356 e. The van der Waals surface area contributed by atoms with E-state index in [2.05, 4.69) is 21.8 Å². The SMILES string of the molecule is CCc1cc(N2CCC(C(=O)N3CCC(F)(F)CC3)CC2)ncn1. The van der Waals surface area contributed by atoms with Gasteiger partial charge in [0.25, 0.3) is 5.92 Å². The minimum atomic E-state index is -2.61. The molecule has 1 amide bonds. The molecule has 2 aliphatic rings. The van der Waals surface area contributed by atoms with E-state index in [-0.39, 0.29) is 37.8 Å². The van der Waals surface area contributed by atoms with Crippen LogP contribution in [-0.4, -0.2) is 52.9 Å². The first-order valence-corrected chi connectivity index (χ1v) is 8.71. The lowest BCUT2D eigenvalue weighted by atomic mass is 9.94. The number of alkyl halides is 2. The van der Waals surface area contributed by atoms with Gasteiger partial charge < -0.3 is 9.80 Å². The molecule has 0 N–H and O–H groups in total. The first kappa shape index (κ1) is 17.0. The number of aromatic nitrogens is 2. The number of carbonyl (C=O) groups excluding carboxylic acids is 1. The summed E-state index contributed by atoms with van der Waals surface area (Å²) in [5.74, 6) is -1.71. The van der Waals surface area contributed by atoms with Crippen molar-refractivity contribution in [1.29, 1.82) is 0 Å². The van der Waals surface area contributed by atoms with E-state index in [0.29, 0.717) is 0 Å². The number of hydrogen-bond acceptors (Lipinski definition) is 4. The zero-order chi connectivity index (χ0) is 17.2. The first-order valence-electron chi connectivity index (χ1n) is 8.71. The van der Waals surface area contributed by atoms with Crippen molar-refractivity contribution in [1.82, 2.24) is 14.9 Å². The van der Waals surface area contributed by atoms with Gasteiger partial charge in [0.2, 0.25) is 5.91 Å². The number of anilines is 1. The number of halogens is 2. The van der Waals surface area contributed by atoms with Crippen LogP contribution in [0.4, 0.5) is 14.6 Å². The number of likely N-dealkylation sites (tertiary alicyclic amines) is 1. The molecule has 3 heterocycles. The summed E-state index contributed by atoms with van der Waals surface area (Å²) in [6, 6.07) is 1.99.